The number of hydrogen-bond acceptors (Lipinski definition) is 0. The monoisotopic (exact) mass is 993 g/mol. The van der Waals surface area contributed by atoms with E-state index in [1.807, 2.05) is 0 Å². The molecule has 0 amide bonds. The molecule has 8 aliphatic carbocycles. The minimum atomic E-state index is 0.249. The molecular weight excluding hydrogens is 925 g/mol. The van der Waals surface area contributed by atoms with Crippen molar-refractivity contribution in [1.82, 2.24) is 0 Å². The van der Waals surface area contributed by atoms with Crippen LogP contribution in [0.4, 0.5) is 0 Å². The molecule has 0 spiro atoms. The molecule has 0 nitrogen and oxygen atoms in total. The van der Waals surface area contributed by atoms with Crippen molar-refractivity contribution in [3.05, 3.63) is 205 Å². The van der Waals surface area contributed by atoms with Gasteiger partial charge >= 0.3 is 0 Å². The molecule has 4 bridgehead atoms. The fourth-order valence-corrected chi connectivity index (χ4v) is 16.6. The summed E-state index contributed by atoms with van der Waals surface area (Å²) in [4.78, 5) is 0. The second-order valence-electron chi connectivity index (χ2n) is 24.2. The van der Waals surface area contributed by atoms with Crippen molar-refractivity contribution in [3.63, 3.8) is 0 Å². The molecule has 0 aromatic heterocycles. The van der Waals surface area contributed by atoms with Gasteiger partial charge in [-0.25, -0.2) is 0 Å². The lowest BCUT2D eigenvalue weighted by atomic mass is 9.58. The Morgan fingerprint density at radius 1 is 0.377 bits per heavy atom. The molecule has 0 saturated heterocycles. The fourth-order valence-electron chi connectivity index (χ4n) is 16.6. The van der Waals surface area contributed by atoms with Crippen LogP contribution in [0.5, 0.6) is 0 Å². The van der Waals surface area contributed by atoms with Crippen molar-refractivity contribution >= 4 is 44.5 Å². The van der Waals surface area contributed by atoms with Crippen molar-refractivity contribution in [2.24, 2.45) is 11.8 Å². The van der Waals surface area contributed by atoms with Gasteiger partial charge in [-0.2, -0.15) is 0 Å². The third-order valence-corrected chi connectivity index (χ3v) is 20.2. The van der Waals surface area contributed by atoms with Gasteiger partial charge in [-0.15, -0.1) is 0 Å². The van der Waals surface area contributed by atoms with E-state index >= 15 is 0 Å². The SMILES string of the molecule is C=Cc1cc2c(-c3cccc(C45CCC(CC4)CC5)c3)c3c(c(-c4ccccc4)c2c(-c2ccccc2)c1C=C)-c1ccc2c4c(ccc-3c14)-c1cc3ccccc3c(-c3cccc(C45CCC(CC4)CC5)c3)c1-2.CCC. The normalized spacial score (nSPS) is 21.0. The Kier molecular flexibility index (Phi) is 10.9. The Bertz CT molecular complexity index is 4040. The van der Waals surface area contributed by atoms with Gasteiger partial charge in [-0.1, -0.05) is 203 Å². The van der Waals surface area contributed by atoms with E-state index in [-0.39, 0.29) is 5.41 Å². The Morgan fingerprint density at radius 2 is 0.831 bits per heavy atom. The van der Waals surface area contributed by atoms with Crippen molar-refractivity contribution in [3.8, 4) is 89.0 Å². The highest BCUT2D eigenvalue weighted by Gasteiger charge is 2.44. The molecular formula is C77H68. The molecule has 6 saturated carbocycles. The van der Waals surface area contributed by atoms with Crippen molar-refractivity contribution in [1.29, 1.82) is 0 Å². The van der Waals surface area contributed by atoms with Gasteiger partial charge < -0.3 is 0 Å². The van der Waals surface area contributed by atoms with Crippen LogP contribution in [0.3, 0.4) is 0 Å². The first-order valence-electron chi connectivity index (χ1n) is 29.4. The van der Waals surface area contributed by atoms with Gasteiger partial charge in [-0.3, -0.25) is 0 Å². The van der Waals surface area contributed by atoms with Crippen LogP contribution in [-0.4, -0.2) is 0 Å². The third kappa shape index (κ3) is 6.89. The lowest BCUT2D eigenvalue weighted by Gasteiger charge is -2.47. The Hall–Kier alpha value is -7.54. The predicted molar refractivity (Wildman–Crippen MR) is 331 cm³/mol. The van der Waals surface area contributed by atoms with E-state index in [9.17, 15) is 0 Å². The maximum atomic E-state index is 4.52. The highest BCUT2D eigenvalue weighted by molar-refractivity contribution is 6.35. The van der Waals surface area contributed by atoms with Crippen molar-refractivity contribution < 1.29 is 0 Å². The van der Waals surface area contributed by atoms with Crippen molar-refractivity contribution in [2.75, 3.05) is 0 Å². The van der Waals surface area contributed by atoms with Crippen LogP contribution in [0, 0.1) is 11.8 Å². The first-order valence-corrected chi connectivity index (χ1v) is 29.4. The molecule has 10 aromatic carbocycles. The molecule has 0 unspecified atom stereocenters. The molecule has 18 rings (SSSR count). The van der Waals surface area contributed by atoms with E-state index in [2.05, 4.69) is 209 Å². The van der Waals surface area contributed by atoms with E-state index < -0.39 is 0 Å². The van der Waals surface area contributed by atoms with Crippen LogP contribution in [0.1, 0.15) is 120 Å². The van der Waals surface area contributed by atoms with Gasteiger partial charge in [0.1, 0.15) is 0 Å². The Labute approximate surface area is 456 Å². The highest BCUT2D eigenvalue weighted by atomic mass is 14.5. The molecule has 0 radical (unpaired) electrons. The molecule has 0 heterocycles. The standard InChI is InChI=1S/C74H60.C3H8/c1-3-47-43-62-65(52-21-14-23-54(42-52)74-38-32-46(33-39-74)34-40-74)70-59-26-25-57-61-44-50-19-11-12-24-56(50)64(51-20-13-22-53(41-51)73-35-29-45(30-36-73)31-37-73)69(61)58-27-28-60(68(59)67(57)58)71(70)66(49-17-9-6-10-18-49)72(62)63(55(47)4-2)48-15-7-5-8-16-48;1-3-2/h3-28,41-46H,1-2,29-40H2;3H2,1-2H3. The molecule has 376 valence electrons. The molecule has 0 N–H and O–H groups in total. The van der Waals surface area contributed by atoms with Crippen LogP contribution < -0.4 is 0 Å². The molecule has 0 aliphatic heterocycles. The maximum absolute atomic E-state index is 4.52. The Morgan fingerprint density at radius 3 is 1.38 bits per heavy atom. The minimum absolute atomic E-state index is 0.249. The van der Waals surface area contributed by atoms with Crippen LogP contribution in [0.25, 0.3) is 133 Å². The summed E-state index contributed by atoms with van der Waals surface area (Å²) < 4.78 is 0. The summed E-state index contributed by atoms with van der Waals surface area (Å²) in [5, 5.41) is 7.97. The highest BCUT2D eigenvalue weighted by Crippen LogP contribution is 2.65. The number of benzene rings is 10. The average molecular weight is 993 g/mol. The molecule has 6 fully saturated rings. The molecule has 8 aliphatic rings. The van der Waals surface area contributed by atoms with Crippen LogP contribution >= 0.6 is 0 Å². The first kappa shape index (κ1) is 46.7. The van der Waals surface area contributed by atoms with Gasteiger partial charge in [0.2, 0.25) is 0 Å². The van der Waals surface area contributed by atoms with E-state index in [4.69, 9.17) is 0 Å². The second-order valence-corrected chi connectivity index (χ2v) is 24.2. The zero-order valence-electron chi connectivity index (χ0n) is 45.1. The summed E-state index contributed by atoms with van der Waals surface area (Å²) in [6.45, 7) is 13.3. The first-order chi connectivity index (χ1) is 37.9. The van der Waals surface area contributed by atoms with Gasteiger partial charge in [-0.05, 0) is 255 Å². The van der Waals surface area contributed by atoms with Gasteiger partial charge in [0.25, 0.3) is 0 Å². The quantitative estimate of drug-likeness (QED) is 0.142. The fraction of sp³-hybridized carbons (Fsp3) is 0.247. The van der Waals surface area contributed by atoms with E-state index in [0.29, 0.717) is 5.41 Å². The summed E-state index contributed by atoms with van der Waals surface area (Å²) in [5.74, 6) is 1.84. The summed E-state index contributed by atoms with van der Waals surface area (Å²) in [5.41, 5.74) is 27.0. The number of hydrogen-bond donors (Lipinski definition) is 0. The lowest BCUT2D eigenvalue weighted by molar-refractivity contribution is 0.136. The van der Waals surface area contributed by atoms with E-state index in [0.717, 1.165) is 23.0 Å². The van der Waals surface area contributed by atoms with Crippen molar-refractivity contribution in [2.45, 2.75) is 108 Å². The topological polar surface area (TPSA) is 0 Å². The van der Waals surface area contributed by atoms with Gasteiger partial charge in [0, 0.05) is 0 Å². The summed E-state index contributed by atoms with van der Waals surface area (Å²) in [6, 6.07) is 66.4. The van der Waals surface area contributed by atoms with Gasteiger partial charge in [0.05, 0.1) is 0 Å². The summed E-state index contributed by atoms with van der Waals surface area (Å²) in [7, 11) is 0. The average Bonchev–Trinajstić information content (AvgIpc) is 4.04. The van der Waals surface area contributed by atoms with Crippen LogP contribution in [-0.2, 0) is 10.8 Å². The van der Waals surface area contributed by atoms with E-state index in [1.54, 1.807) is 5.56 Å². The Balaban J connectivity index is 0.00000169. The van der Waals surface area contributed by atoms with Crippen LogP contribution in [0.2, 0.25) is 0 Å². The van der Waals surface area contributed by atoms with Crippen LogP contribution in [0.15, 0.2) is 183 Å². The largest absolute Gasteiger partial charge is 0.0984 e. The van der Waals surface area contributed by atoms with Gasteiger partial charge in [0.15, 0.2) is 0 Å². The number of rotatable bonds is 8. The third-order valence-electron chi connectivity index (χ3n) is 20.2. The molecule has 10 aromatic rings. The zero-order chi connectivity index (χ0) is 51.6. The second kappa shape index (κ2) is 18.0. The predicted octanol–water partition coefficient (Wildman–Crippen LogP) is 22.3. The molecule has 77 heavy (non-hydrogen) atoms. The molecule has 0 heteroatoms. The molecule has 0 atom stereocenters. The minimum Gasteiger partial charge on any atom is -0.0984 e. The maximum Gasteiger partial charge on any atom is -0.000718 e. The summed E-state index contributed by atoms with van der Waals surface area (Å²) in [6.07, 6.45) is 21.5. The van der Waals surface area contributed by atoms with E-state index in [1.165, 1.54) is 210 Å². The summed E-state index contributed by atoms with van der Waals surface area (Å²) >= 11 is 0. The number of fused-ring (bicyclic) bond motifs is 14. The smallest absolute Gasteiger partial charge is 0.000718 e. The zero-order valence-corrected chi connectivity index (χ0v) is 45.1. The lowest BCUT2D eigenvalue weighted by Crippen LogP contribution is -2.37.